The van der Waals surface area contributed by atoms with Crippen molar-refractivity contribution in [3.05, 3.63) is 53.9 Å². The summed E-state index contributed by atoms with van der Waals surface area (Å²) < 4.78 is 27.2. The minimum absolute atomic E-state index is 0.283. The molecule has 0 unspecified atom stereocenters. The molecule has 0 fully saturated rings. The van der Waals surface area contributed by atoms with Gasteiger partial charge < -0.3 is 5.32 Å². The van der Waals surface area contributed by atoms with Crippen molar-refractivity contribution < 1.29 is 8.78 Å². The van der Waals surface area contributed by atoms with Crippen molar-refractivity contribution in [3.8, 4) is 11.1 Å². The maximum absolute atomic E-state index is 13.6. The molecule has 0 aliphatic carbocycles. The first-order valence-corrected chi connectivity index (χ1v) is 5.81. The fraction of sp³-hybridized carbons (Fsp3) is 0.214. The van der Waals surface area contributed by atoms with Gasteiger partial charge in [-0.2, -0.15) is 0 Å². The second-order valence-electron chi connectivity index (χ2n) is 3.94. The highest BCUT2D eigenvalue weighted by Gasteiger charge is 2.08. The van der Waals surface area contributed by atoms with Crippen LogP contribution in [-0.2, 0) is 6.54 Å². The van der Waals surface area contributed by atoms with E-state index in [0.717, 1.165) is 12.7 Å². The summed E-state index contributed by atoms with van der Waals surface area (Å²) in [5.41, 5.74) is 1.62. The van der Waals surface area contributed by atoms with E-state index in [2.05, 4.69) is 10.3 Å². The molecule has 0 amide bonds. The van der Waals surface area contributed by atoms with Crippen LogP contribution in [0.25, 0.3) is 11.1 Å². The second-order valence-corrected chi connectivity index (χ2v) is 3.94. The molecule has 18 heavy (non-hydrogen) atoms. The van der Waals surface area contributed by atoms with E-state index >= 15 is 0 Å². The Labute approximate surface area is 105 Å². The zero-order valence-corrected chi connectivity index (χ0v) is 10.1. The summed E-state index contributed by atoms with van der Waals surface area (Å²) in [7, 11) is 0. The van der Waals surface area contributed by atoms with Gasteiger partial charge in [-0.15, -0.1) is 0 Å². The third kappa shape index (κ3) is 2.71. The summed E-state index contributed by atoms with van der Waals surface area (Å²) in [4.78, 5) is 3.70. The third-order valence-electron chi connectivity index (χ3n) is 2.69. The first-order chi connectivity index (χ1) is 8.72. The lowest BCUT2D eigenvalue weighted by molar-refractivity contribution is 0.593. The quantitative estimate of drug-likeness (QED) is 0.899. The van der Waals surface area contributed by atoms with Crippen molar-refractivity contribution >= 4 is 0 Å². The number of nitrogens with one attached hydrogen (secondary N) is 1. The predicted octanol–water partition coefficient (Wildman–Crippen LogP) is 3.14. The lowest BCUT2D eigenvalue weighted by Crippen LogP contribution is -2.13. The molecule has 0 saturated carbocycles. The van der Waals surface area contributed by atoms with Crippen molar-refractivity contribution in [3.63, 3.8) is 0 Å². The van der Waals surface area contributed by atoms with E-state index in [1.54, 1.807) is 18.2 Å². The molecular weight excluding hydrogens is 234 g/mol. The lowest BCUT2D eigenvalue weighted by atomic mass is 10.0. The van der Waals surface area contributed by atoms with Crippen molar-refractivity contribution in [1.82, 2.24) is 10.3 Å². The van der Waals surface area contributed by atoms with E-state index in [-0.39, 0.29) is 5.82 Å². The number of hydrogen-bond donors (Lipinski definition) is 1. The smallest absolute Gasteiger partial charge is 0.149 e. The predicted molar refractivity (Wildman–Crippen MR) is 67.0 cm³/mol. The average Bonchev–Trinajstić information content (AvgIpc) is 2.39. The van der Waals surface area contributed by atoms with E-state index in [4.69, 9.17) is 0 Å². The van der Waals surface area contributed by atoms with Gasteiger partial charge in [0.15, 0.2) is 0 Å². The van der Waals surface area contributed by atoms with Crippen LogP contribution < -0.4 is 5.32 Å². The summed E-state index contributed by atoms with van der Waals surface area (Å²) in [5.74, 6) is -0.687. The number of pyridine rings is 1. The molecular formula is C14H14F2N2. The maximum Gasteiger partial charge on any atom is 0.149 e. The third-order valence-corrected chi connectivity index (χ3v) is 2.69. The van der Waals surface area contributed by atoms with E-state index in [1.165, 1.54) is 12.3 Å². The van der Waals surface area contributed by atoms with Gasteiger partial charge in [0, 0.05) is 23.9 Å². The lowest BCUT2D eigenvalue weighted by Gasteiger charge is -2.08. The van der Waals surface area contributed by atoms with Gasteiger partial charge in [-0.3, -0.25) is 4.98 Å². The number of rotatable bonds is 4. The topological polar surface area (TPSA) is 24.9 Å². The van der Waals surface area contributed by atoms with Gasteiger partial charge in [-0.05, 0) is 30.3 Å². The molecule has 2 aromatic rings. The summed E-state index contributed by atoms with van der Waals surface area (Å²) in [6.07, 6.45) is 2.67. The van der Waals surface area contributed by atoms with Crippen LogP contribution in [0.15, 0.2) is 36.7 Å². The Hall–Kier alpha value is -1.81. The number of hydrogen-bond acceptors (Lipinski definition) is 2. The van der Waals surface area contributed by atoms with E-state index in [9.17, 15) is 8.78 Å². The van der Waals surface area contributed by atoms with Gasteiger partial charge in [0.25, 0.3) is 0 Å². The second kappa shape index (κ2) is 5.69. The van der Waals surface area contributed by atoms with Gasteiger partial charge in [0.05, 0.1) is 6.20 Å². The van der Waals surface area contributed by atoms with Crippen molar-refractivity contribution in [1.29, 1.82) is 0 Å². The van der Waals surface area contributed by atoms with E-state index < -0.39 is 5.82 Å². The molecule has 0 aliphatic rings. The fourth-order valence-electron chi connectivity index (χ4n) is 1.75. The molecule has 1 heterocycles. The molecule has 2 rings (SSSR count). The Morgan fingerprint density at radius 3 is 2.72 bits per heavy atom. The Kier molecular flexibility index (Phi) is 3.99. The monoisotopic (exact) mass is 248 g/mol. The summed E-state index contributed by atoms with van der Waals surface area (Å²) in [6, 6.07) is 6.18. The molecule has 0 bridgehead atoms. The highest BCUT2D eigenvalue weighted by atomic mass is 19.1. The fourth-order valence-corrected chi connectivity index (χ4v) is 1.75. The molecule has 1 aromatic carbocycles. The minimum atomic E-state index is -0.404. The first-order valence-electron chi connectivity index (χ1n) is 5.81. The largest absolute Gasteiger partial charge is 0.313 e. The van der Waals surface area contributed by atoms with Gasteiger partial charge in [0.1, 0.15) is 11.6 Å². The molecule has 2 nitrogen and oxygen atoms in total. The van der Waals surface area contributed by atoms with Crippen molar-refractivity contribution in [2.45, 2.75) is 13.5 Å². The highest BCUT2D eigenvalue weighted by molar-refractivity contribution is 5.64. The molecule has 0 atom stereocenters. The van der Waals surface area contributed by atoms with Crippen LogP contribution in [0.3, 0.4) is 0 Å². The number of nitrogens with zero attached hydrogens (tertiary/aromatic N) is 1. The SMILES string of the molecule is CCNCc1cc(-c2ccncc2F)ccc1F. The molecule has 0 aliphatic heterocycles. The Bertz CT molecular complexity index is 541. The van der Waals surface area contributed by atoms with Crippen LogP contribution in [0.1, 0.15) is 12.5 Å². The van der Waals surface area contributed by atoms with Crippen LogP contribution in [0.2, 0.25) is 0 Å². The first kappa shape index (κ1) is 12.6. The molecule has 0 spiro atoms. The Morgan fingerprint density at radius 2 is 2.00 bits per heavy atom. The number of benzene rings is 1. The van der Waals surface area contributed by atoms with Crippen molar-refractivity contribution in [2.75, 3.05) is 6.54 Å². The maximum atomic E-state index is 13.6. The Balaban J connectivity index is 2.38. The average molecular weight is 248 g/mol. The number of aromatic nitrogens is 1. The van der Waals surface area contributed by atoms with Crippen LogP contribution >= 0.6 is 0 Å². The van der Waals surface area contributed by atoms with Crippen molar-refractivity contribution in [2.24, 2.45) is 0 Å². The standard InChI is InChI=1S/C14H14F2N2/c1-2-17-8-11-7-10(3-4-13(11)15)12-5-6-18-9-14(12)16/h3-7,9,17H,2,8H2,1H3. The molecule has 94 valence electrons. The molecule has 1 N–H and O–H groups in total. The zero-order chi connectivity index (χ0) is 13.0. The van der Waals surface area contributed by atoms with Crippen LogP contribution in [0, 0.1) is 11.6 Å². The molecule has 4 heteroatoms. The normalized spacial score (nSPS) is 10.6. The van der Waals surface area contributed by atoms with Gasteiger partial charge >= 0.3 is 0 Å². The van der Waals surface area contributed by atoms with E-state index in [1.807, 2.05) is 6.92 Å². The molecule has 0 radical (unpaired) electrons. The van der Waals surface area contributed by atoms with Gasteiger partial charge in [-0.25, -0.2) is 8.78 Å². The Morgan fingerprint density at radius 1 is 1.17 bits per heavy atom. The molecule has 1 aromatic heterocycles. The summed E-state index contributed by atoms with van der Waals surface area (Å²) in [6.45, 7) is 3.14. The summed E-state index contributed by atoms with van der Waals surface area (Å²) >= 11 is 0. The summed E-state index contributed by atoms with van der Waals surface area (Å²) in [5, 5.41) is 3.05. The van der Waals surface area contributed by atoms with Crippen LogP contribution in [-0.4, -0.2) is 11.5 Å². The zero-order valence-electron chi connectivity index (χ0n) is 10.1. The minimum Gasteiger partial charge on any atom is -0.313 e. The highest BCUT2D eigenvalue weighted by Crippen LogP contribution is 2.24. The van der Waals surface area contributed by atoms with E-state index in [0.29, 0.717) is 23.2 Å². The number of halogens is 2. The van der Waals surface area contributed by atoms with Crippen LogP contribution in [0.4, 0.5) is 8.78 Å². The molecule has 0 saturated heterocycles. The van der Waals surface area contributed by atoms with Gasteiger partial charge in [0.2, 0.25) is 0 Å². The van der Waals surface area contributed by atoms with Gasteiger partial charge in [-0.1, -0.05) is 13.0 Å². The van der Waals surface area contributed by atoms with Crippen LogP contribution in [0.5, 0.6) is 0 Å².